The second kappa shape index (κ2) is 7.44. The van der Waals surface area contributed by atoms with Crippen LogP contribution in [0.25, 0.3) is 11.3 Å². The largest absolute Gasteiger partial charge is 0.384 e. The van der Waals surface area contributed by atoms with Gasteiger partial charge in [-0.25, -0.2) is 9.97 Å². The number of nitrogens with one attached hydrogen (secondary N) is 1. The Morgan fingerprint density at radius 1 is 1.29 bits per heavy atom. The number of aromatic nitrogens is 3. The number of aliphatic hydroxyl groups is 1. The van der Waals surface area contributed by atoms with E-state index < -0.39 is 5.60 Å². The third kappa shape index (κ3) is 3.98. The second-order valence-electron chi connectivity index (χ2n) is 7.90. The number of rotatable bonds is 4. The summed E-state index contributed by atoms with van der Waals surface area (Å²) in [5.41, 5.74) is 1.09. The van der Waals surface area contributed by atoms with E-state index in [1.165, 1.54) is 0 Å². The summed E-state index contributed by atoms with van der Waals surface area (Å²) >= 11 is 0. The molecule has 8 heteroatoms. The van der Waals surface area contributed by atoms with Gasteiger partial charge in [0, 0.05) is 32.9 Å². The summed E-state index contributed by atoms with van der Waals surface area (Å²) in [6.45, 7) is 5.97. The van der Waals surface area contributed by atoms with Gasteiger partial charge in [-0.1, -0.05) is 0 Å². The number of nitrogens with zero attached hydrogens (tertiary/aromatic N) is 4. The van der Waals surface area contributed by atoms with Crippen molar-refractivity contribution in [2.45, 2.75) is 32.3 Å². The first kappa shape index (κ1) is 18.8. The molecule has 0 atom stereocenters. The highest BCUT2D eigenvalue weighted by atomic mass is 16.5. The molecule has 2 aromatic heterocycles. The van der Waals surface area contributed by atoms with Gasteiger partial charge in [0.2, 0.25) is 5.91 Å². The van der Waals surface area contributed by atoms with E-state index in [2.05, 4.69) is 15.3 Å². The van der Waals surface area contributed by atoms with Crippen molar-refractivity contribution in [1.82, 2.24) is 15.0 Å². The van der Waals surface area contributed by atoms with E-state index in [1.54, 1.807) is 32.3 Å². The lowest BCUT2D eigenvalue weighted by Gasteiger charge is -2.33. The van der Waals surface area contributed by atoms with Crippen LogP contribution in [0.3, 0.4) is 0 Å². The van der Waals surface area contributed by atoms with Crippen molar-refractivity contribution in [1.29, 1.82) is 0 Å². The maximum Gasteiger partial charge on any atom is 0.245 e. The lowest BCUT2D eigenvalue weighted by atomic mass is 9.99. The molecule has 0 aliphatic carbocycles. The first-order valence-corrected chi connectivity index (χ1v) is 9.59. The Balaban J connectivity index is 0.00000240. The lowest BCUT2D eigenvalue weighted by Crippen LogP contribution is -2.42. The molecule has 28 heavy (non-hydrogen) atoms. The fourth-order valence-corrected chi connectivity index (χ4v) is 3.55. The van der Waals surface area contributed by atoms with E-state index in [9.17, 15) is 9.90 Å². The molecule has 4 heterocycles. The number of amides is 1. The van der Waals surface area contributed by atoms with Crippen LogP contribution in [0.4, 0.5) is 11.6 Å². The van der Waals surface area contributed by atoms with Crippen molar-refractivity contribution >= 4 is 17.5 Å². The fraction of sp³-hybridized carbons (Fsp3) is 0.500. The van der Waals surface area contributed by atoms with Crippen molar-refractivity contribution < 1.29 is 16.1 Å². The minimum Gasteiger partial charge on any atom is -0.384 e. The highest BCUT2D eigenvalue weighted by Gasteiger charge is 2.28. The van der Waals surface area contributed by atoms with E-state index in [0.29, 0.717) is 28.9 Å². The van der Waals surface area contributed by atoms with Gasteiger partial charge < -0.3 is 20.1 Å². The number of pyridine rings is 1. The molecular formula is C20H27N5O3. The Kier molecular flexibility index (Phi) is 4.99. The summed E-state index contributed by atoms with van der Waals surface area (Å²) in [4.78, 5) is 27.6. The first-order valence-electron chi connectivity index (χ1n) is 9.59. The van der Waals surface area contributed by atoms with E-state index in [-0.39, 0.29) is 13.9 Å². The van der Waals surface area contributed by atoms with Crippen molar-refractivity contribution in [2.24, 2.45) is 5.92 Å². The maximum atomic E-state index is 12.1. The normalized spacial score (nSPS) is 18.0. The first-order chi connectivity index (χ1) is 13.4. The van der Waals surface area contributed by atoms with Crippen LogP contribution < -0.4 is 10.2 Å². The minimum atomic E-state index is -0.995. The van der Waals surface area contributed by atoms with Crippen molar-refractivity contribution in [2.75, 3.05) is 36.5 Å². The van der Waals surface area contributed by atoms with E-state index in [4.69, 9.17) is 9.72 Å². The summed E-state index contributed by atoms with van der Waals surface area (Å²) < 4.78 is 5.44. The Bertz CT molecular complexity index is 863. The molecule has 0 aromatic carbocycles. The molecule has 0 saturated carbocycles. The summed E-state index contributed by atoms with van der Waals surface area (Å²) in [7, 11) is 0. The van der Waals surface area contributed by atoms with E-state index in [0.717, 1.165) is 38.2 Å². The van der Waals surface area contributed by atoms with Crippen molar-refractivity contribution in [3.8, 4) is 11.3 Å². The highest BCUT2D eigenvalue weighted by Crippen LogP contribution is 2.30. The molecule has 2 aliphatic rings. The second-order valence-corrected chi connectivity index (χ2v) is 7.90. The third-order valence-electron chi connectivity index (χ3n) is 5.15. The zero-order valence-corrected chi connectivity index (χ0v) is 16.2. The molecule has 1 amide bonds. The average molecular weight is 385 g/mol. The van der Waals surface area contributed by atoms with Crippen LogP contribution in [-0.2, 0) is 15.1 Å². The van der Waals surface area contributed by atoms with E-state index in [1.807, 2.05) is 11.0 Å². The Morgan fingerprint density at radius 2 is 2.07 bits per heavy atom. The number of carbonyl (C=O) groups is 1. The van der Waals surface area contributed by atoms with Gasteiger partial charge in [-0.2, -0.15) is 0 Å². The molecule has 0 bridgehead atoms. The predicted octanol–water partition coefficient (Wildman–Crippen LogP) is 2.20. The van der Waals surface area contributed by atoms with Crippen LogP contribution in [0.2, 0.25) is 0 Å². The van der Waals surface area contributed by atoms with Crippen LogP contribution in [0.5, 0.6) is 0 Å². The molecule has 8 nitrogen and oxygen atoms in total. The SMILES string of the molecule is CC(C)(O)c1ccc(-c2cnc3c(n2)N(CC2CCOCC2)CC(=O)N3)cn1.[HH]. The molecular weight excluding hydrogens is 358 g/mol. The van der Waals surface area contributed by atoms with Crippen molar-refractivity contribution in [3.63, 3.8) is 0 Å². The average Bonchev–Trinajstić information content (AvgIpc) is 2.68. The van der Waals surface area contributed by atoms with E-state index >= 15 is 0 Å². The highest BCUT2D eigenvalue weighted by molar-refractivity contribution is 5.99. The van der Waals surface area contributed by atoms with Crippen molar-refractivity contribution in [3.05, 3.63) is 30.2 Å². The third-order valence-corrected chi connectivity index (χ3v) is 5.15. The quantitative estimate of drug-likeness (QED) is 0.832. The summed E-state index contributed by atoms with van der Waals surface area (Å²) in [6.07, 6.45) is 5.30. The zero-order valence-electron chi connectivity index (χ0n) is 16.2. The number of anilines is 2. The number of fused-ring (bicyclic) bond motifs is 1. The molecule has 150 valence electrons. The Labute approximate surface area is 165 Å². The summed E-state index contributed by atoms with van der Waals surface area (Å²) in [5, 5.41) is 12.9. The van der Waals surface area contributed by atoms with Gasteiger partial charge in [0.15, 0.2) is 11.6 Å². The van der Waals surface area contributed by atoms with Crippen LogP contribution in [0.15, 0.2) is 24.5 Å². The Morgan fingerprint density at radius 3 is 2.75 bits per heavy atom. The molecule has 2 N–H and O–H groups in total. The van der Waals surface area contributed by atoms with Gasteiger partial charge in [-0.15, -0.1) is 0 Å². The minimum absolute atomic E-state index is 0. The maximum absolute atomic E-state index is 12.1. The molecule has 0 unspecified atom stereocenters. The summed E-state index contributed by atoms with van der Waals surface area (Å²) in [6, 6.07) is 3.67. The molecule has 0 spiro atoms. The molecule has 1 fully saturated rings. The zero-order chi connectivity index (χ0) is 19.7. The van der Waals surface area contributed by atoms with Crippen LogP contribution >= 0.6 is 0 Å². The molecule has 2 aliphatic heterocycles. The molecule has 4 rings (SSSR count). The van der Waals surface area contributed by atoms with Gasteiger partial charge in [0.05, 0.1) is 24.1 Å². The standard InChI is InChI=1S/C20H25N5O3.H2/c1-20(2,27)16-4-3-14(9-21-16)15-10-22-18-19(23-15)25(12-17(26)24-18)11-13-5-7-28-8-6-13;/h3-4,9-10,13,27H,5-8,11-12H2,1-2H3,(H,22,24,26);1H. The molecule has 2 aromatic rings. The summed E-state index contributed by atoms with van der Waals surface area (Å²) in [5.74, 6) is 1.59. The fourth-order valence-electron chi connectivity index (χ4n) is 3.55. The van der Waals surface area contributed by atoms with Gasteiger partial charge >= 0.3 is 0 Å². The predicted molar refractivity (Wildman–Crippen MR) is 107 cm³/mol. The van der Waals surface area contributed by atoms with Gasteiger partial charge in [-0.05, 0) is 44.7 Å². The van der Waals surface area contributed by atoms with Crippen LogP contribution in [0.1, 0.15) is 33.8 Å². The number of ether oxygens (including phenoxy) is 1. The van der Waals surface area contributed by atoms with Crippen LogP contribution in [-0.4, -0.2) is 52.3 Å². The number of carbonyl (C=O) groups excluding carboxylic acids is 1. The van der Waals surface area contributed by atoms with Gasteiger partial charge in [-0.3, -0.25) is 9.78 Å². The lowest BCUT2D eigenvalue weighted by molar-refractivity contribution is -0.115. The molecule has 0 radical (unpaired) electrons. The topological polar surface area (TPSA) is 100 Å². The van der Waals surface area contributed by atoms with Crippen LogP contribution in [0, 0.1) is 5.92 Å². The monoisotopic (exact) mass is 385 g/mol. The number of hydrogen-bond acceptors (Lipinski definition) is 7. The van der Waals surface area contributed by atoms with Gasteiger partial charge in [0.1, 0.15) is 5.60 Å². The van der Waals surface area contributed by atoms with Gasteiger partial charge in [0.25, 0.3) is 0 Å². The molecule has 1 saturated heterocycles. The Hall–Kier alpha value is -2.58. The number of hydrogen-bond donors (Lipinski definition) is 2. The smallest absolute Gasteiger partial charge is 0.245 e.